The Morgan fingerprint density at radius 1 is 0.808 bits per heavy atom. The van der Waals surface area contributed by atoms with Crippen molar-refractivity contribution >= 4 is 11.6 Å². The van der Waals surface area contributed by atoms with Gasteiger partial charge in [-0.1, -0.05) is 34.9 Å². The van der Waals surface area contributed by atoms with Crippen molar-refractivity contribution in [3.63, 3.8) is 0 Å². The van der Waals surface area contributed by atoms with Crippen LogP contribution < -0.4 is 0 Å². The molecular formula is C22H30O4. The molecule has 0 aromatic heterocycles. The van der Waals surface area contributed by atoms with Crippen LogP contribution in [-0.2, 0) is 9.59 Å². The van der Waals surface area contributed by atoms with Crippen molar-refractivity contribution in [1.29, 1.82) is 0 Å². The summed E-state index contributed by atoms with van der Waals surface area (Å²) in [5.74, 6) is -3.06. The van der Waals surface area contributed by atoms with E-state index >= 15 is 0 Å². The molecule has 1 rings (SSSR count). The quantitative estimate of drug-likeness (QED) is 0.438. The van der Waals surface area contributed by atoms with E-state index in [0.717, 1.165) is 31.3 Å². The van der Waals surface area contributed by atoms with Crippen LogP contribution in [0.1, 0.15) is 66.7 Å². The van der Waals surface area contributed by atoms with Crippen molar-refractivity contribution in [2.45, 2.75) is 66.7 Å². The molecule has 1 aliphatic carbocycles. The fraction of sp³-hybridized carbons (Fsp3) is 0.455. The van der Waals surface area contributed by atoms with Gasteiger partial charge in [-0.2, -0.15) is 0 Å². The fourth-order valence-electron chi connectivity index (χ4n) is 2.70. The Balaban J connectivity index is 2.60. The van der Waals surface area contributed by atoms with E-state index in [1.165, 1.54) is 18.1 Å². The molecule has 0 spiro atoms. The predicted octanol–water partition coefficient (Wildman–Crippen LogP) is 5.59. The summed E-state index contributed by atoms with van der Waals surface area (Å²) in [6.45, 7) is 9.84. The minimum absolute atomic E-state index is 0.198. The Hall–Kier alpha value is -2.36. The molecule has 2 N–H and O–H groups in total. The van der Waals surface area contributed by atoms with Crippen LogP contribution in [0.5, 0.6) is 0 Å². The standard InChI is InChI=1S/C22H30O4/c1-14(2)8-6-9-15(3)10-7-11-16(4)12-13-18-17(5)19(23)21(25)22(26)20(18)24/h8,10,12,25-26H,6-7,9,11,13H2,1-5H3/b15-10+,16-12+. The third kappa shape index (κ3) is 6.17. The van der Waals surface area contributed by atoms with Gasteiger partial charge in [-0.25, -0.2) is 0 Å². The number of ketones is 2. The normalized spacial score (nSPS) is 16.5. The lowest BCUT2D eigenvalue weighted by molar-refractivity contribution is -0.120. The molecule has 4 nitrogen and oxygen atoms in total. The van der Waals surface area contributed by atoms with Gasteiger partial charge in [0.05, 0.1) is 0 Å². The second-order valence-electron chi connectivity index (χ2n) is 7.12. The molecule has 0 saturated heterocycles. The SMILES string of the molecule is CC(C)=CCC/C(C)=C/CC/C(C)=C/CC1=C(C)C(=O)C(O)=C(O)C1=O. The van der Waals surface area contributed by atoms with Crippen LogP contribution in [0.15, 0.2) is 57.6 Å². The molecular weight excluding hydrogens is 328 g/mol. The van der Waals surface area contributed by atoms with Crippen LogP contribution in [0.4, 0.5) is 0 Å². The van der Waals surface area contributed by atoms with Gasteiger partial charge in [0.2, 0.25) is 23.1 Å². The number of Topliss-reactive ketones (excluding diaryl/α,β-unsaturated/α-hetero) is 2. The van der Waals surface area contributed by atoms with Gasteiger partial charge in [-0.3, -0.25) is 9.59 Å². The lowest BCUT2D eigenvalue weighted by atomic mass is 9.90. The van der Waals surface area contributed by atoms with E-state index in [-0.39, 0.29) is 17.6 Å². The third-order valence-corrected chi connectivity index (χ3v) is 4.50. The molecule has 1 aliphatic rings. The number of aliphatic hydroxyl groups excluding tert-OH is 2. The molecule has 0 aliphatic heterocycles. The molecule has 0 bridgehead atoms. The van der Waals surface area contributed by atoms with E-state index in [4.69, 9.17) is 0 Å². The summed E-state index contributed by atoms with van der Waals surface area (Å²) in [4.78, 5) is 23.8. The molecule has 0 fully saturated rings. The maximum absolute atomic E-state index is 12.0. The van der Waals surface area contributed by atoms with E-state index < -0.39 is 23.1 Å². The lowest BCUT2D eigenvalue weighted by Gasteiger charge is -2.15. The molecule has 0 aromatic rings. The molecule has 0 radical (unpaired) electrons. The largest absolute Gasteiger partial charge is 0.501 e. The molecule has 142 valence electrons. The highest BCUT2D eigenvalue weighted by atomic mass is 16.3. The van der Waals surface area contributed by atoms with Crippen molar-refractivity contribution in [2.75, 3.05) is 0 Å². The Morgan fingerprint density at radius 3 is 1.88 bits per heavy atom. The Bertz CT molecular complexity index is 723. The summed E-state index contributed by atoms with van der Waals surface area (Å²) in [5, 5.41) is 19.0. The van der Waals surface area contributed by atoms with E-state index in [1.54, 1.807) is 0 Å². The zero-order valence-electron chi connectivity index (χ0n) is 16.5. The van der Waals surface area contributed by atoms with Crippen LogP contribution >= 0.6 is 0 Å². The number of rotatable bonds is 8. The zero-order chi connectivity index (χ0) is 19.9. The van der Waals surface area contributed by atoms with E-state index in [9.17, 15) is 19.8 Å². The highest BCUT2D eigenvalue weighted by Gasteiger charge is 2.31. The number of hydrogen-bond donors (Lipinski definition) is 2. The zero-order valence-corrected chi connectivity index (χ0v) is 16.5. The monoisotopic (exact) mass is 358 g/mol. The summed E-state index contributed by atoms with van der Waals surface area (Å²) in [7, 11) is 0. The first-order valence-corrected chi connectivity index (χ1v) is 9.01. The van der Waals surface area contributed by atoms with Gasteiger partial charge < -0.3 is 10.2 Å². The van der Waals surface area contributed by atoms with Gasteiger partial charge in [0.25, 0.3) is 0 Å². The van der Waals surface area contributed by atoms with Crippen molar-refractivity contribution in [3.8, 4) is 0 Å². The van der Waals surface area contributed by atoms with E-state index in [2.05, 4.69) is 32.9 Å². The van der Waals surface area contributed by atoms with Gasteiger partial charge >= 0.3 is 0 Å². The number of aliphatic hydroxyl groups is 2. The number of hydrogen-bond acceptors (Lipinski definition) is 4. The van der Waals surface area contributed by atoms with Crippen LogP contribution in [0.2, 0.25) is 0 Å². The maximum Gasteiger partial charge on any atom is 0.228 e. The van der Waals surface area contributed by atoms with Crippen LogP contribution in [0.25, 0.3) is 0 Å². The third-order valence-electron chi connectivity index (χ3n) is 4.50. The number of carbonyl (C=O) groups excluding carboxylic acids is 2. The topological polar surface area (TPSA) is 74.6 Å². The molecule has 0 amide bonds. The first kappa shape index (κ1) is 21.7. The average molecular weight is 358 g/mol. The van der Waals surface area contributed by atoms with Crippen molar-refractivity contribution < 1.29 is 19.8 Å². The summed E-state index contributed by atoms with van der Waals surface area (Å²) in [6, 6.07) is 0. The highest BCUT2D eigenvalue weighted by molar-refractivity contribution is 6.23. The van der Waals surface area contributed by atoms with Gasteiger partial charge in [0.1, 0.15) is 0 Å². The summed E-state index contributed by atoms with van der Waals surface area (Å²) in [5.41, 5.74) is 4.28. The second kappa shape index (κ2) is 9.95. The van der Waals surface area contributed by atoms with Crippen LogP contribution in [0.3, 0.4) is 0 Å². The number of carbonyl (C=O) groups is 2. The van der Waals surface area contributed by atoms with Gasteiger partial charge in [0.15, 0.2) is 0 Å². The van der Waals surface area contributed by atoms with Crippen molar-refractivity contribution in [2.24, 2.45) is 0 Å². The summed E-state index contributed by atoms with van der Waals surface area (Å²) in [6.07, 6.45) is 10.6. The Kier molecular flexibility index (Phi) is 8.30. The molecule has 0 saturated carbocycles. The fourth-order valence-corrected chi connectivity index (χ4v) is 2.70. The second-order valence-corrected chi connectivity index (χ2v) is 7.12. The maximum atomic E-state index is 12.0. The molecule has 0 unspecified atom stereocenters. The Labute approximate surface area is 156 Å². The minimum Gasteiger partial charge on any atom is -0.501 e. The van der Waals surface area contributed by atoms with E-state index in [1.807, 2.05) is 13.0 Å². The minimum atomic E-state index is -0.856. The van der Waals surface area contributed by atoms with Crippen molar-refractivity contribution in [3.05, 3.63) is 57.6 Å². The predicted molar refractivity (Wildman–Crippen MR) is 105 cm³/mol. The van der Waals surface area contributed by atoms with Gasteiger partial charge in [-0.15, -0.1) is 0 Å². The molecule has 26 heavy (non-hydrogen) atoms. The molecule has 0 atom stereocenters. The molecule has 4 heteroatoms. The van der Waals surface area contributed by atoms with Crippen LogP contribution in [0, 0.1) is 0 Å². The van der Waals surface area contributed by atoms with Gasteiger partial charge in [0, 0.05) is 11.1 Å². The number of allylic oxidation sites excluding steroid dienone is 8. The summed E-state index contributed by atoms with van der Waals surface area (Å²) < 4.78 is 0. The first-order chi connectivity index (χ1) is 12.1. The average Bonchev–Trinajstić information content (AvgIpc) is 2.58. The molecule has 0 heterocycles. The van der Waals surface area contributed by atoms with E-state index in [0.29, 0.717) is 0 Å². The first-order valence-electron chi connectivity index (χ1n) is 9.01. The smallest absolute Gasteiger partial charge is 0.228 e. The Morgan fingerprint density at radius 2 is 1.31 bits per heavy atom. The summed E-state index contributed by atoms with van der Waals surface area (Å²) >= 11 is 0. The van der Waals surface area contributed by atoms with Crippen LogP contribution in [-0.4, -0.2) is 21.8 Å². The van der Waals surface area contributed by atoms with Gasteiger partial charge in [-0.05, 0) is 66.7 Å². The van der Waals surface area contributed by atoms with Crippen molar-refractivity contribution in [1.82, 2.24) is 0 Å². The lowest BCUT2D eigenvalue weighted by Crippen LogP contribution is -2.22. The molecule has 0 aromatic carbocycles. The highest BCUT2D eigenvalue weighted by Crippen LogP contribution is 2.25.